The van der Waals surface area contributed by atoms with E-state index in [4.69, 9.17) is 46.0 Å². The van der Waals surface area contributed by atoms with Crippen LogP contribution in [0.2, 0.25) is 0 Å². The predicted octanol–water partition coefficient (Wildman–Crippen LogP) is -6.12. The third-order valence-electron chi connectivity index (χ3n) is 2.46. The minimum Gasteiger partial charge on any atom is -0.394 e. The topological polar surface area (TPSA) is 216 Å². The predicted molar refractivity (Wildman–Crippen MR) is 68.4 cm³/mol. The van der Waals surface area contributed by atoms with Gasteiger partial charge in [0.05, 0.1) is 13.2 Å². The first-order valence-corrected chi connectivity index (χ1v) is 6.06. The molecule has 9 N–H and O–H groups in total. The van der Waals surface area contributed by atoms with Gasteiger partial charge in [0, 0.05) is 0 Å². The molecule has 0 aromatic rings. The Bertz CT molecular complexity index is 310. The summed E-state index contributed by atoms with van der Waals surface area (Å²) in [5.41, 5.74) is 0. The second kappa shape index (κ2) is 12.5. The molecule has 0 aliphatic carbocycles. The molecule has 6 atom stereocenters. The van der Waals surface area contributed by atoms with Crippen molar-refractivity contribution in [3.63, 3.8) is 0 Å². The minimum absolute atomic E-state index is 0.0869. The van der Waals surface area contributed by atoms with Crippen LogP contribution >= 0.6 is 0 Å². The molecule has 0 fully saturated rings. The molecule has 0 unspecified atom stereocenters. The molecule has 0 aliphatic heterocycles. The second-order valence-electron chi connectivity index (χ2n) is 4.18. The molecule has 0 rings (SSSR count). The first-order chi connectivity index (χ1) is 10.2. The summed E-state index contributed by atoms with van der Waals surface area (Å²) in [6, 6.07) is 0. The third-order valence-corrected chi connectivity index (χ3v) is 2.46. The van der Waals surface area contributed by atoms with Crippen LogP contribution in [0.3, 0.4) is 0 Å². The number of ketones is 1. The molecular formula is C11H22O11. The van der Waals surface area contributed by atoms with Gasteiger partial charge in [-0.3, -0.25) is 4.79 Å². The van der Waals surface area contributed by atoms with Crippen LogP contribution < -0.4 is 0 Å². The van der Waals surface area contributed by atoms with Gasteiger partial charge in [-0.1, -0.05) is 0 Å². The Morgan fingerprint density at radius 2 is 1.23 bits per heavy atom. The van der Waals surface area contributed by atoms with Gasteiger partial charge in [0.25, 0.3) is 0 Å². The van der Waals surface area contributed by atoms with Crippen LogP contribution in [-0.2, 0) is 9.59 Å². The maximum atomic E-state index is 10.5. The van der Waals surface area contributed by atoms with Gasteiger partial charge in [-0.25, -0.2) is 0 Å². The van der Waals surface area contributed by atoms with Gasteiger partial charge >= 0.3 is 0 Å². The lowest BCUT2D eigenvalue weighted by molar-refractivity contribution is -0.142. The van der Waals surface area contributed by atoms with Gasteiger partial charge in [-0.15, -0.1) is 0 Å². The number of aldehydes is 1. The zero-order valence-corrected chi connectivity index (χ0v) is 11.5. The van der Waals surface area contributed by atoms with Crippen LogP contribution in [0, 0.1) is 0 Å². The van der Waals surface area contributed by atoms with Crippen molar-refractivity contribution < 1.29 is 55.5 Å². The molecule has 132 valence electrons. The minimum atomic E-state index is -1.86. The fourth-order valence-corrected chi connectivity index (χ4v) is 1.02. The lowest BCUT2D eigenvalue weighted by atomic mass is 10.1. The molecule has 0 saturated carbocycles. The highest BCUT2D eigenvalue weighted by molar-refractivity contribution is 5.84. The summed E-state index contributed by atoms with van der Waals surface area (Å²) in [4.78, 5) is 20.3. The van der Waals surface area contributed by atoms with Gasteiger partial charge in [-0.2, -0.15) is 0 Å². The average Bonchev–Trinajstić information content (AvgIpc) is 2.56. The van der Waals surface area contributed by atoms with Gasteiger partial charge in [-0.05, 0) is 0 Å². The van der Waals surface area contributed by atoms with E-state index in [1.54, 1.807) is 0 Å². The van der Waals surface area contributed by atoms with Crippen molar-refractivity contribution in [1.82, 2.24) is 0 Å². The van der Waals surface area contributed by atoms with Gasteiger partial charge in [0.15, 0.2) is 12.1 Å². The molecule has 22 heavy (non-hydrogen) atoms. The van der Waals surface area contributed by atoms with E-state index in [-0.39, 0.29) is 6.29 Å². The Kier molecular flexibility index (Phi) is 13.2. The van der Waals surface area contributed by atoms with Crippen molar-refractivity contribution in [2.45, 2.75) is 36.6 Å². The summed E-state index contributed by atoms with van der Waals surface area (Å²) >= 11 is 0. The summed E-state index contributed by atoms with van der Waals surface area (Å²) in [7, 11) is 0. The SMILES string of the molecule is O=C(CO)[C@@H](O)[C@H](O)[C@@H](O)CO.O=C[C@@H](O)[C@@H](O)[C@@H](O)CO. The van der Waals surface area contributed by atoms with Crippen LogP contribution in [0.5, 0.6) is 0 Å². The molecule has 11 nitrogen and oxygen atoms in total. The van der Waals surface area contributed by atoms with Crippen molar-refractivity contribution in [3.8, 4) is 0 Å². The smallest absolute Gasteiger partial charge is 0.189 e. The molecule has 0 amide bonds. The van der Waals surface area contributed by atoms with E-state index < -0.39 is 62.2 Å². The maximum absolute atomic E-state index is 10.5. The Morgan fingerprint density at radius 3 is 1.55 bits per heavy atom. The summed E-state index contributed by atoms with van der Waals surface area (Å²) in [5, 5.41) is 77.1. The summed E-state index contributed by atoms with van der Waals surface area (Å²) in [6.45, 7) is -2.38. The van der Waals surface area contributed by atoms with E-state index in [0.29, 0.717) is 0 Å². The van der Waals surface area contributed by atoms with E-state index in [0.717, 1.165) is 0 Å². The van der Waals surface area contributed by atoms with Crippen LogP contribution in [0.1, 0.15) is 0 Å². The van der Waals surface area contributed by atoms with E-state index in [9.17, 15) is 9.59 Å². The van der Waals surface area contributed by atoms with Crippen molar-refractivity contribution in [3.05, 3.63) is 0 Å². The Morgan fingerprint density at radius 1 is 0.818 bits per heavy atom. The van der Waals surface area contributed by atoms with Gasteiger partial charge in [0.1, 0.15) is 43.2 Å². The van der Waals surface area contributed by atoms with Gasteiger partial charge < -0.3 is 50.8 Å². The monoisotopic (exact) mass is 330 g/mol. The zero-order chi connectivity index (χ0) is 17.9. The summed E-state index contributed by atoms with van der Waals surface area (Å²) in [5.74, 6) is -1.00. The van der Waals surface area contributed by atoms with E-state index >= 15 is 0 Å². The molecule has 0 bridgehead atoms. The molecule has 0 aromatic heterocycles. The number of hydrogen-bond donors (Lipinski definition) is 9. The molecule has 0 heterocycles. The Balaban J connectivity index is 0. The fraction of sp³-hybridized carbons (Fsp3) is 0.818. The molecule has 0 aromatic carbocycles. The lowest BCUT2D eigenvalue weighted by Crippen LogP contribution is -2.44. The lowest BCUT2D eigenvalue weighted by Gasteiger charge is -2.19. The number of hydrogen-bond acceptors (Lipinski definition) is 11. The average molecular weight is 330 g/mol. The van der Waals surface area contributed by atoms with Crippen LogP contribution in [0.15, 0.2) is 0 Å². The largest absolute Gasteiger partial charge is 0.394 e. The van der Waals surface area contributed by atoms with E-state index in [2.05, 4.69) is 0 Å². The molecule has 0 saturated heterocycles. The van der Waals surface area contributed by atoms with Crippen LogP contribution in [0.4, 0.5) is 0 Å². The number of carbonyl (C=O) groups is 2. The number of carbonyl (C=O) groups excluding carboxylic acids is 2. The number of aliphatic hydroxyl groups excluding tert-OH is 9. The molecular weight excluding hydrogens is 308 g/mol. The zero-order valence-electron chi connectivity index (χ0n) is 11.5. The number of aliphatic hydroxyl groups is 9. The number of rotatable bonds is 9. The van der Waals surface area contributed by atoms with E-state index in [1.807, 2.05) is 0 Å². The van der Waals surface area contributed by atoms with Crippen molar-refractivity contribution in [2.75, 3.05) is 19.8 Å². The van der Waals surface area contributed by atoms with E-state index in [1.165, 1.54) is 0 Å². The normalized spacial score (nSPS) is 19.0. The van der Waals surface area contributed by atoms with Crippen molar-refractivity contribution in [1.29, 1.82) is 0 Å². The molecule has 11 heteroatoms. The fourth-order valence-electron chi connectivity index (χ4n) is 1.02. The van der Waals surface area contributed by atoms with Crippen molar-refractivity contribution in [2.24, 2.45) is 0 Å². The standard InChI is InChI=1S/C6H12O6.C5H10O5/c7-1-3(9)5(11)6(12)4(10)2-8;6-1-3(8)5(10)4(9)2-7/h3,5-9,11-12H,1-2H2;1,3-5,7-10H,2H2/t3-,5+,6+;3-,4+,5-/m01/s1. The highest BCUT2D eigenvalue weighted by Gasteiger charge is 2.28. The highest BCUT2D eigenvalue weighted by Crippen LogP contribution is 2.00. The first kappa shape index (κ1) is 23.2. The Hall–Kier alpha value is -1.02. The maximum Gasteiger partial charge on any atom is 0.189 e. The van der Waals surface area contributed by atoms with Crippen molar-refractivity contribution >= 4 is 12.1 Å². The first-order valence-electron chi connectivity index (χ1n) is 6.06. The Labute approximate surface area is 125 Å². The molecule has 0 aliphatic rings. The summed E-state index contributed by atoms with van der Waals surface area (Å²) in [6.07, 6.45) is -9.85. The highest BCUT2D eigenvalue weighted by atomic mass is 16.4. The molecule has 0 radical (unpaired) electrons. The quantitative estimate of drug-likeness (QED) is 0.181. The molecule has 0 spiro atoms. The number of Topliss-reactive ketones (excluding diaryl/α,β-unsaturated/α-hetero) is 1. The van der Waals surface area contributed by atoms with Crippen LogP contribution in [-0.4, -0.2) is 114 Å². The second-order valence-corrected chi connectivity index (χ2v) is 4.18. The van der Waals surface area contributed by atoms with Gasteiger partial charge in [0.2, 0.25) is 0 Å². The third kappa shape index (κ3) is 8.43. The van der Waals surface area contributed by atoms with Crippen LogP contribution in [0.25, 0.3) is 0 Å². The summed E-state index contributed by atoms with van der Waals surface area (Å²) < 4.78 is 0.